The lowest BCUT2D eigenvalue weighted by atomic mass is 9.49. The van der Waals surface area contributed by atoms with Gasteiger partial charge in [-0.15, -0.1) is 0 Å². The molecule has 4 rings (SSSR count). The van der Waals surface area contributed by atoms with Crippen LogP contribution in [0.3, 0.4) is 0 Å². The van der Waals surface area contributed by atoms with E-state index < -0.39 is 36.0 Å². The Morgan fingerprint density at radius 2 is 1.44 bits per heavy atom. The van der Waals surface area contributed by atoms with Crippen molar-refractivity contribution in [3.05, 3.63) is 0 Å². The van der Waals surface area contributed by atoms with E-state index in [2.05, 4.69) is 9.47 Å². The van der Waals surface area contributed by atoms with Crippen molar-refractivity contribution in [1.82, 2.24) is 0 Å². The van der Waals surface area contributed by atoms with Crippen molar-refractivity contribution < 1.29 is 37.4 Å². The normalized spacial score (nSPS) is 31.7. The second kappa shape index (κ2) is 7.36. The summed E-state index contributed by atoms with van der Waals surface area (Å²) in [6.45, 7) is 2.38. The van der Waals surface area contributed by atoms with Crippen LogP contribution in [0.25, 0.3) is 0 Å². The second-order valence-corrected chi connectivity index (χ2v) is 8.56. The lowest BCUT2D eigenvalue weighted by molar-refractivity contribution is -0.255. The van der Waals surface area contributed by atoms with Crippen molar-refractivity contribution in [3.8, 4) is 0 Å². The van der Waals surface area contributed by atoms with Gasteiger partial charge in [0.25, 0.3) is 0 Å². The number of carbonyl (C=O) groups excluding carboxylic acids is 3. The van der Waals surface area contributed by atoms with E-state index in [1.807, 2.05) is 0 Å². The minimum Gasteiger partial charge on any atom is -0.462 e. The molecule has 0 radical (unpaired) electrons. The zero-order valence-corrected chi connectivity index (χ0v) is 15.7. The van der Waals surface area contributed by atoms with Crippen molar-refractivity contribution in [3.63, 3.8) is 0 Å². The van der Waals surface area contributed by atoms with Gasteiger partial charge in [-0.3, -0.25) is 9.59 Å². The third kappa shape index (κ3) is 4.24. The molecule has 0 unspecified atom stereocenters. The summed E-state index contributed by atoms with van der Waals surface area (Å²) < 4.78 is 41.6. The first-order chi connectivity index (χ1) is 12.6. The lowest BCUT2D eigenvalue weighted by Gasteiger charge is -2.55. The predicted octanol–water partition coefficient (Wildman–Crippen LogP) is 3.08. The van der Waals surface area contributed by atoms with Crippen molar-refractivity contribution in [2.24, 2.45) is 29.1 Å². The molecule has 6 nitrogen and oxygen atoms in total. The van der Waals surface area contributed by atoms with Crippen LogP contribution in [0.1, 0.15) is 52.4 Å². The van der Waals surface area contributed by atoms with Gasteiger partial charge >= 0.3 is 24.0 Å². The number of ether oxygens (including phenoxy) is 3. The van der Waals surface area contributed by atoms with Crippen LogP contribution < -0.4 is 0 Å². The molecule has 4 fully saturated rings. The maximum Gasteiger partial charge on any atom is 0.504 e. The lowest BCUT2D eigenvalue weighted by Crippen LogP contribution is -2.52. The summed E-state index contributed by atoms with van der Waals surface area (Å²) in [4.78, 5) is 35.4. The molecule has 0 saturated heterocycles. The second-order valence-electron chi connectivity index (χ2n) is 8.56. The van der Waals surface area contributed by atoms with Gasteiger partial charge in [0.15, 0.2) is 0 Å². The summed E-state index contributed by atoms with van der Waals surface area (Å²) in [6.07, 6.45) is 0.513. The van der Waals surface area contributed by atoms with Crippen molar-refractivity contribution in [2.75, 3.05) is 13.2 Å². The first kappa shape index (κ1) is 20.0. The average molecular weight is 388 g/mol. The average Bonchev–Trinajstić information content (AvgIpc) is 2.56. The number of halogens is 2. The SMILES string of the molecule is CC(C)C(=O)OCCOC(=O)C(F)(F)OC(=O)C12CC3CC(CC(C3)C1)C2. The highest BCUT2D eigenvalue weighted by atomic mass is 19.3. The molecular weight excluding hydrogens is 362 g/mol. The van der Waals surface area contributed by atoms with Gasteiger partial charge in [-0.1, -0.05) is 13.8 Å². The quantitative estimate of drug-likeness (QED) is 0.379. The fourth-order valence-corrected chi connectivity index (χ4v) is 5.15. The van der Waals surface area contributed by atoms with Crippen LogP contribution in [-0.4, -0.2) is 37.2 Å². The maximum atomic E-state index is 14.0. The molecule has 0 aliphatic heterocycles. The van der Waals surface area contributed by atoms with Crippen LogP contribution in [-0.2, 0) is 28.6 Å². The molecule has 0 aromatic carbocycles. The standard InChI is InChI=1S/C19H26F2O6/c1-11(2)15(22)25-3-4-26-17(24)19(20,21)27-16(23)18-8-12-5-13(9-18)7-14(6-12)10-18/h11-14H,3-10H2,1-2H3. The molecule has 0 aromatic rings. The van der Waals surface area contributed by atoms with Gasteiger partial charge in [0, 0.05) is 0 Å². The van der Waals surface area contributed by atoms with Crippen LogP contribution in [0.4, 0.5) is 8.78 Å². The molecule has 4 bridgehead atoms. The molecule has 0 atom stereocenters. The third-order valence-electron chi connectivity index (χ3n) is 5.96. The molecule has 4 aliphatic rings. The highest BCUT2D eigenvalue weighted by molar-refractivity contribution is 5.83. The molecule has 4 aliphatic carbocycles. The van der Waals surface area contributed by atoms with Gasteiger partial charge < -0.3 is 14.2 Å². The Morgan fingerprint density at radius 3 is 1.93 bits per heavy atom. The largest absolute Gasteiger partial charge is 0.504 e. The van der Waals surface area contributed by atoms with E-state index in [1.54, 1.807) is 13.8 Å². The molecule has 0 aromatic heterocycles. The van der Waals surface area contributed by atoms with Crippen LogP contribution in [0.5, 0.6) is 0 Å². The first-order valence-corrected chi connectivity index (χ1v) is 9.56. The number of carbonyl (C=O) groups is 3. The smallest absolute Gasteiger partial charge is 0.462 e. The molecule has 0 spiro atoms. The molecule has 4 saturated carbocycles. The van der Waals surface area contributed by atoms with E-state index in [1.165, 1.54) is 0 Å². The summed E-state index contributed by atoms with van der Waals surface area (Å²) in [6, 6.07) is 0. The summed E-state index contributed by atoms with van der Waals surface area (Å²) in [5.41, 5.74) is -0.884. The highest BCUT2D eigenvalue weighted by Crippen LogP contribution is 2.60. The zero-order valence-electron chi connectivity index (χ0n) is 15.7. The molecular formula is C19H26F2O6. The van der Waals surface area contributed by atoms with Gasteiger partial charge in [-0.2, -0.15) is 8.78 Å². The van der Waals surface area contributed by atoms with E-state index in [4.69, 9.17) is 4.74 Å². The highest BCUT2D eigenvalue weighted by Gasteiger charge is 2.58. The van der Waals surface area contributed by atoms with Crippen LogP contribution in [0.15, 0.2) is 0 Å². The van der Waals surface area contributed by atoms with Crippen molar-refractivity contribution >= 4 is 17.9 Å². The van der Waals surface area contributed by atoms with E-state index in [0.717, 1.165) is 19.3 Å². The topological polar surface area (TPSA) is 78.9 Å². The van der Waals surface area contributed by atoms with Gasteiger partial charge in [-0.05, 0) is 56.3 Å². The van der Waals surface area contributed by atoms with E-state index in [0.29, 0.717) is 37.0 Å². The summed E-state index contributed by atoms with van der Waals surface area (Å²) in [5.74, 6) is -2.66. The molecule has 0 amide bonds. The van der Waals surface area contributed by atoms with Crippen molar-refractivity contribution in [2.45, 2.75) is 58.5 Å². The Hall–Kier alpha value is -1.73. The number of alkyl halides is 2. The molecule has 152 valence electrons. The molecule has 27 heavy (non-hydrogen) atoms. The van der Waals surface area contributed by atoms with Gasteiger partial charge in [0.1, 0.15) is 13.2 Å². The Kier molecular flexibility index (Phi) is 5.45. The number of esters is 3. The van der Waals surface area contributed by atoms with E-state index in [-0.39, 0.29) is 12.5 Å². The Balaban J connectivity index is 1.50. The third-order valence-corrected chi connectivity index (χ3v) is 5.96. The van der Waals surface area contributed by atoms with Crippen LogP contribution in [0.2, 0.25) is 0 Å². The fourth-order valence-electron chi connectivity index (χ4n) is 5.15. The number of hydrogen-bond acceptors (Lipinski definition) is 6. The molecule has 0 heterocycles. The molecule has 8 heteroatoms. The fraction of sp³-hybridized carbons (Fsp3) is 0.842. The van der Waals surface area contributed by atoms with Crippen LogP contribution >= 0.6 is 0 Å². The van der Waals surface area contributed by atoms with Crippen LogP contribution in [0, 0.1) is 29.1 Å². The number of hydrogen-bond donors (Lipinski definition) is 0. The summed E-state index contributed by atoms with van der Waals surface area (Å²) >= 11 is 0. The minimum absolute atomic E-state index is 0.332. The summed E-state index contributed by atoms with van der Waals surface area (Å²) in [7, 11) is 0. The van der Waals surface area contributed by atoms with Gasteiger partial charge in [0.05, 0.1) is 11.3 Å². The van der Waals surface area contributed by atoms with E-state index >= 15 is 0 Å². The first-order valence-electron chi connectivity index (χ1n) is 9.56. The Labute approximate surface area is 156 Å². The van der Waals surface area contributed by atoms with Gasteiger partial charge in [0.2, 0.25) is 0 Å². The molecule has 0 N–H and O–H groups in total. The van der Waals surface area contributed by atoms with Gasteiger partial charge in [-0.25, -0.2) is 4.79 Å². The maximum absolute atomic E-state index is 14.0. The van der Waals surface area contributed by atoms with Crippen molar-refractivity contribution in [1.29, 1.82) is 0 Å². The predicted molar refractivity (Wildman–Crippen MR) is 88.4 cm³/mol. The van der Waals surface area contributed by atoms with E-state index in [9.17, 15) is 23.2 Å². The Bertz CT molecular complexity index is 580. The summed E-state index contributed by atoms with van der Waals surface area (Å²) in [5, 5.41) is 0. The minimum atomic E-state index is -4.34. The zero-order chi connectivity index (χ0) is 19.8. The Morgan fingerprint density at radius 1 is 0.963 bits per heavy atom. The number of rotatable bonds is 7. The monoisotopic (exact) mass is 388 g/mol.